The molecule has 0 radical (unpaired) electrons. The first kappa shape index (κ1) is 13.3. The van der Waals surface area contributed by atoms with Crippen molar-refractivity contribution in [3.63, 3.8) is 0 Å². The maximum absolute atomic E-state index is 12.6. The van der Waals surface area contributed by atoms with Crippen LogP contribution in [0.15, 0.2) is 11.1 Å². The summed E-state index contributed by atoms with van der Waals surface area (Å²) < 4.78 is 52.2. The van der Waals surface area contributed by atoms with Crippen LogP contribution in [0.5, 0.6) is 5.88 Å². The second-order valence-corrected chi connectivity index (χ2v) is 4.38. The van der Waals surface area contributed by atoms with E-state index in [4.69, 9.17) is 10.4 Å². The lowest BCUT2D eigenvalue weighted by Gasteiger charge is -2.10. The number of alkyl halides is 2. The van der Waals surface area contributed by atoms with Crippen LogP contribution in [0.1, 0.15) is 17.6 Å². The van der Waals surface area contributed by atoms with Crippen molar-refractivity contribution >= 4 is 10.0 Å². The molecule has 0 aliphatic heterocycles. The van der Waals surface area contributed by atoms with Gasteiger partial charge < -0.3 is 4.74 Å². The number of methoxy groups -OCH3 is 1. The third-order valence-corrected chi connectivity index (χ3v) is 2.86. The lowest BCUT2D eigenvalue weighted by Crippen LogP contribution is -2.17. The fraction of sp³-hybridized carbons (Fsp3) is 0.250. The molecule has 0 atom stereocenters. The van der Waals surface area contributed by atoms with Crippen molar-refractivity contribution < 1.29 is 21.9 Å². The minimum atomic E-state index is -4.48. The normalized spacial score (nSPS) is 11.3. The summed E-state index contributed by atoms with van der Waals surface area (Å²) in [5.41, 5.74) is -1.56. The number of sulfonamides is 1. The average Bonchev–Trinajstić information content (AvgIpc) is 2.25. The van der Waals surface area contributed by atoms with E-state index in [9.17, 15) is 17.2 Å². The van der Waals surface area contributed by atoms with Gasteiger partial charge in [0.2, 0.25) is 15.9 Å². The summed E-state index contributed by atoms with van der Waals surface area (Å²) in [6.45, 7) is 0. The van der Waals surface area contributed by atoms with Crippen LogP contribution in [0.3, 0.4) is 0 Å². The first-order valence-electron chi connectivity index (χ1n) is 4.10. The molecule has 1 rings (SSSR count). The Morgan fingerprint density at radius 2 is 2.18 bits per heavy atom. The van der Waals surface area contributed by atoms with Crippen LogP contribution in [0, 0.1) is 11.3 Å². The molecule has 0 saturated heterocycles. The summed E-state index contributed by atoms with van der Waals surface area (Å²) in [6.07, 6.45) is -2.50. The van der Waals surface area contributed by atoms with E-state index in [1.165, 1.54) is 6.07 Å². The Morgan fingerprint density at radius 3 is 2.53 bits per heavy atom. The molecule has 0 spiro atoms. The summed E-state index contributed by atoms with van der Waals surface area (Å²) in [7, 11) is -3.35. The van der Waals surface area contributed by atoms with E-state index >= 15 is 0 Å². The minimum Gasteiger partial charge on any atom is -0.480 e. The number of primary sulfonamides is 1. The first-order chi connectivity index (χ1) is 7.82. The van der Waals surface area contributed by atoms with Gasteiger partial charge in [0, 0.05) is 6.20 Å². The number of hydrogen-bond acceptors (Lipinski definition) is 5. The van der Waals surface area contributed by atoms with E-state index in [2.05, 4.69) is 9.72 Å². The van der Waals surface area contributed by atoms with Crippen LogP contribution in [0.4, 0.5) is 8.78 Å². The molecule has 0 unspecified atom stereocenters. The molecule has 17 heavy (non-hydrogen) atoms. The van der Waals surface area contributed by atoms with Crippen molar-refractivity contribution in [1.82, 2.24) is 4.98 Å². The number of nitrogens with zero attached hydrogens (tertiary/aromatic N) is 2. The Labute approximate surface area is 95.7 Å². The van der Waals surface area contributed by atoms with Crippen LogP contribution in [0.25, 0.3) is 0 Å². The number of nitrogens with two attached hydrogens (primary N) is 1. The molecular formula is C8H7F2N3O3S. The third-order valence-electron chi connectivity index (χ3n) is 1.85. The van der Waals surface area contributed by atoms with Gasteiger partial charge in [0.25, 0.3) is 6.43 Å². The van der Waals surface area contributed by atoms with E-state index < -0.39 is 32.5 Å². The predicted molar refractivity (Wildman–Crippen MR) is 51.8 cm³/mol. The maximum Gasteiger partial charge on any atom is 0.266 e. The van der Waals surface area contributed by atoms with Gasteiger partial charge in [-0.2, -0.15) is 5.26 Å². The Bertz CT molecular complexity index is 580. The Hall–Kier alpha value is -1.79. The van der Waals surface area contributed by atoms with E-state index in [1.54, 1.807) is 0 Å². The molecule has 0 bridgehead atoms. The molecule has 92 valence electrons. The van der Waals surface area contributed by atoms with Crippen LogP contribution in [0.2, 0.25) is 0 Å². The van der Waals surface area contributed by atoms with Gasteiger partial charge in [0.15, 0.2) is 0 Å². The molecule has 0 aromatic carbocycles. The van der Waals surface area contributed by atoms with Gasteiger partial charge in [0.05, 0.1) is 12.7 Å². The predicted octanol–water partition coefficient (Wildman–Crippen LogP) is 0.547. The Morgan fingerprint density at radius 1 is 1.59 bits per heavy atom. The van der Waals surface area contributed by atoms with Crippen LogP contribution >= 0.6 is 0 Å². The van der Waals surface area contributed by atoms with Crippen molar-refractivity contribution in [2.24, 2.45) is 5.14 Å². The number of pyridine rings is 1. The molecule has 2 N–H and O–H groups in total. The topological polar surface area (TPSA) is 106 Å². The molecule has 0 aliphatic rings. The SMILES string of the molecule is COc1ncc(C(F)F)c(S(N)(=O)=O)c1C#N. The maximum atomic E-state index is 12.6. The molecule has 1 heterocycles. The van der Waals surface area contributed by atoms with E-state index in [1.807, 2.05) is 0 Å². The molecule has 6 nitrogen and oxygen atoms in total. The van der Waals surface area contributed by atoms with Gasteiger partial charge in [-0.15, -0.1) is 0 Å². The zero-order valence-corrected chi connectivity index (χ0v) is 9.33. The van der Waals surface area contributed by atoms with Gasteiger partial charge in [-0.1, -0.05) is 0 Å². The summed E-state index contributed by atoms with van der Waals surface area (Å²) in [5.74, 6) is -0.374. The van der Waals surface area contributed by atoms with E-state index in [0.717, 1.165) is 7.11 Å². The quantitative estimate of drug-likeness (QED) is 0.856. The smallest absolute Gasteiger partial charge is 0.266 e. The lowest BCUT2D eigenvalue weighted by molar-refractivity contribution is 0.147. The molecule has 1 aromatic heterocycles. The second kappa shape index (κ2) is 4.60. The number of hydrogen-bond donors (Lipinski definition) is 1. The van der Waals surface area contributed by atoms with Gasteiger partial charge in [-0.05, 0) is 0 Å². The van der Waals surface area contributed by atoms with Crippen molar-refractivity contribution in [2.75, 3.05) is 7.11 Å². The van der Waals surface area contributed by atoms with Gasteiger partial charge in [0.1, 0.15) is 16.5 Å². The number of ether oxygens (including phenoxy) is 1. The second-order valence-electron chi connectivity index (χ2n) is 2.88. The van der Waals surface area contributed by atoms with E-state index in [-0.39, 0.29) is 5.88 Å². The number of nitriles is 1. The Balaban J connectivity index is 3.77. The Kier molecular flexibility index (Phi) is 3.59. The van der Waals surface area contributed by atoms with Gasteiger partial charge >= 0.3 is 0 Å². The molecule has 0 fully saturated rings. The number of aromatic nitrogens is 1. The van der Waals surface area contributed by atoms with Crippen molar-refractivity contribution in [3.05, 3.63) is 17.3 Å². The molecular weight excluding hydrogens is 256 g/mol. The standard InChI is InChI=1S/C8H7F2N3O3S/c1-16-8-4(2-11)6(17(12,14)15)5(3-13-8)7(9)10/h3,7H,1H3,(H2,12,14,15). The molecule has 1 aromatic rings. The van der Waals surface area contributed by atoms with Crippen LogP contribution in [-0.4, -0.2) is 20.5 Å². The minimum absolute atomic E-state index is 0.374. The fourth-order valence-electron chi connectivity index (χ4n) is 1.21. The van der Waals surface area contributed by atoms with Gasteiger partial charge in [-0.25, -0.2) is 27.3 Å². The van der Waals surface area contributed by atoms with Crippen LogP contribution in [-0.2, 0) is 10.0 Å². The fourth-order valence-corrected chi connectivity index (χ4v) is 2.10. The van der Waals surface area contributed by atoms with Gasteiger partial charge in [-0.3, -0.25) is 0 Å². The lowest BCUT2D eigenvalue weighted by atomic mass is 10.2. The number of rotatable bonds is 3. The summed E-state index contributed by atoms with van der Waals surface area (Å²) in [4.78, 5) is 2.46. The average molecular weight is 263 g/mol. The van der Waals surface area contributed by atoms with Crippen LogP contribution < -0.4 is 9.88 Å². The zero-order chi connectivity index (χ0) is 13.2. The van der Waals surface area contributed by atoms with Crippen molar-refractivity contribution in [1.29, 1.82) is 5.26 Å². The van der Waals surface area contributed by atoms with E-state index in [0.29, 0.717) is 6.20 Å². The highest BCUT2D eigenvalue weighted by atomic mass is 32.2. The molecule has 0 amide bonds. The molecule has 9 heteroatoms. The van der Waals surface area contributed by atoms with Crippen molar-refractivity contribution in [3.8, 4) is 11.9 Å². The molecule has 0 saturated carbocycles. The highest BCUT2D eigenvalue weighted by molar-refractivity contribution is 7.89. The zero-order valence-electron chi connectivity index (χ0n) is 8.52. The highest BCUT2D eigenvalue weighted by Gasteiger charge is 2.28. The highest BCUT2D eigenvalue weighted by Crippen LogP contribution is 2.31. The summed E-state index contributed by atoms with van der Waals surface area (Å²) in [6, 6.07) is 1.44. The summed E-state index contributed by atoms with van der Waals surface area (Å²) >= 11 is 0. The largest absolute Gasteiger partial charge is 0.480 e. The monoisotopic (exact) mass is 263 g/mol. The molecule has 0 aliphatic carbocycles. The number of halogens is 2. The third kappa shape index (κ3) is 2.48. The summed E-state index contributed by atoms with van der Waals surface area (Å²) in [5, 5.41) is 13.6. The van der Waals surface area contributed by atoms with Crippen molar-refractivity contribution in [2.45, 2.75) is 11.3 Å². The first-order valence-corrected chi connectivity index (χ1v) is 5.65.